The molecule has 0 saturated heterocycles. The van der Waals surface area contributed by atoms with Gasteiger partial charge in [0.25, 0.3) is 0 Å². The van der Waals surface area contributed by atoms with Crippen molar-refractivity contribution in [3.8, 4) is 11.5 Å². The number of fused-ring (bicyclic) bond motifs is 2. The Morgan fingerprint density at radius 3 is 2.56 bits per heavy atom. The van der Waals surface area contributed by atoms with Crippen molar-refractivity contribution < 1.29 is 14.3 Å². The highest BCUT2D eigenvalue weighted by atomic mass is 32.1. The maximum Gasteiger partial charge on any atom is 0.227 e. The Bertz CT molecular complexity index is 1260. The Hall–Kier alpha value is -3.31. The normalized spacial score (nSPS) is 15.4. The van der Waals surface area contributed by atoms with Crippen LogP contribution in [0.15, 0.2) is 72.1 Å². The number of carbonyl (C=O) groups excluding carboxylic acids is 1. The van der Waals surface area contributed by atoms with Crippen LogP contribution in [0.4, 0.5) is 0 Å². The molecular weight excluding hydrogens is 418 g/mol. The summed E-state index contributed by atoms with van der Waals surface area (Å²) < 4.78 is 11.1. The third kappa shape index (κ3) is 3.63. The van der Waals surface area contributed by atoms with E-state index in [2.05, 4.69) is 41.8 Å². The molecule has 3 aromatic carbocycles. The van der Waals surface area contributed by atoms with Crippen LogP contribution >= 0.6 is 11.3 Å². The van der Waals surface area contributed by atoms with E-state index in [0.29, 0.717) is 18.7 Å². The van der Waals surface area contributed by atoms with Crippen LogP contribution in [0, 0.1) is 0 Å². The molecular formula is C27H25NO3S. The number of amides is 1. The number of methoxy groups -OCH3 is 2. The lowest BCUT2D eigenvalue weighted by atomic mass is 9.90. The summed E-state index contributed by atoms with van der Waals surface area (Å²) >= 11 is 1.68. The molecule has 5 heteroatoms. The van der Waals surface area contributed by atoms with Gasteiger partial charge in [-0.1, -0.05) is 48.5 Å². The summed E-state index contributed by atoms with van der Waals surface area (Å²) in [7, 11) is 3.31. The van der Waals surface area contributed by atoms with Crippen LogP contribution in [0.25, 0.3) is 10.8 Å². The number of hydrogen-bond acceptors (Lipinski definition) is 4. The highest BCUT2D eigenvalue weighted by molar-refractivity contribution is 7.10. The van der Waals surface area contributed by atoms with Crippen molar-refractivity contribution in [1.29, 1.82) is 0 Å². The van der Waals surface area contributed by atoms with Gasteiger partial charge in [-0.25, -0.2) is 0 Å². The monoisotopic (exact) mass is 443 g/mol. The Kier molecular flexibility index (Phi) is 5.58. The Balaban J connectivity index is 1.54. The van der Waals surface area contributed by atoms with Gasteiger partial charge in [0.05, 0.1) is 26.7 Å². The molecule has 4 nitrogen and oxygen atoms in total. The van der Waals surface area contributed by atoms with E-state index < -0.39 is 0 Å². The minimum absolute atomic E-state index is 0.124. The molecule has 1 aliphatic rings. The maximum absolute atomic E-state index is 13.7. The van der Waals surface area contributed by atoms with E-state index in [1.54, 1.807) is 25.6 Å². The third-order valence-electron chi connectivity index (χ3n) is 6.23. The van der Waals surface area contributed by atoms with E-state index in [1.165, 1.54) is 5.56 Å². The predicted molar refractivity (Wildman–Crippen MR) is 129 cm³/mol. The highest BCUT2D eigenvalue weighted by Gasteiger charge is 2.34. The predicted octanol–water partition coefficient (Wildman–Crippen LogP) is 5.64. The van der Waals surface area contributed by atoms with Crippen LogP contribution < -0.4 is 9.47 Å². The summed E-state index contributed by atoms with van der Waals surface area (Å²) in [6, 6.07) is 22.6. The van der Waals surface area contributed by atoms with Crippen LogP contribution in [-0.2, 0) is 17.6 Å². The Morgan fingerprint density at radius 2 is 1.78 bits per heavy atom. The van der Waals surface area contributed by atoms with Gasteiger partial charge in [0.15, 0.2) is 11.5 Å². The number of nitrogens with zero attached hydrogens (tertiary/aromatic N) is 1. The largest absolute Gasteiger partial charge is 0.493 e. The Morgan fingerprint density at radius 1 is 1.00 bits per heavy atom. The zero-order valence-corrected chi connectivity index (χ0v) is 19.0. The number of benzene rings is 3. The average molecular weight is 444 g/mol. The van der Waals surface area contributed by atoms with Crippen LogP contribution in [-0.4, -0.2) is 31.6 Å². The van der Waals surface area contributed by atoms with Gasteiger partial charge in [-0.15, -0.1) is 11.3 Å². The van der Waals surface area contributed by atoms with Crippen molar-refractivity contribution in [2.45, 2.75) is 18.9 Å². The summed E-state index contributed by atoms with van der Waals surface area (Å²) in [5, 5.41) is 4.37. The second kappa shape index (κ2) is 8.67. The fourth-order valence-electron chi connectivity index (χ4n) is 4.68. The second-order valence-electron chi connectivity index (χ2n) is 7.98. The van der Waals surface area contributed by atoms with Gasteiger partial charge in [-0.05, 0) is 57.5 Å². The molecule has 32 heavy (non-hydrogen) atoms. The number of carbonyl (C=O) groups is 1. The quantitative estimate of drug-likeness (QED) is 0.401. The van der Waals surface area contributed by atoms with Gasteiger partial charge in [0.2, 0.25) is 5.91 Å². The third-order valence-corrected chi connectivity index (χ3v) is 7.15. The first-order chi connectivity index (χ1) is 15.7. The molecule has 1 unspecified atom stereocenters. The van der Waals surface area contributed by atoms with Crippen molar-refractivity contribution in [3.05, 3.63) is 93.7 Å². The van der Waals surface area contributed by atoms with Crippen LogP contribution in [0.2, 0.25) is 0 Å². The fourth-order valence-corrected chi connectivity index (χ4v) is 5.53. The number of hydrogen-bond donors (Lipinski definition) is 0. The lowest BCUT2D eigenvalue weighted by Crippen LogP contribution is -2.41. The van der Waals surface area contributed by atoms with E-state index in [1.807, 2.05) is 35.2 Å². The van der Waals surface area contributed by atoms with Gasteiger partial charge in [-0.2, -0.15) is 0 Å². The molecule has 0 fully saturated rings. The van der Waals surface area contributed by atoms with Gasteiger partial charge in [-0.3, -0.25) is 4.79 Å². The Labute approximate surface area is 192 Å². The lowest BCUT2D eigenvalue weighted by Gasteiger charge is -2.37. The van der Waals surface area contributed by atoms with Gasteiger partial charge in [0, 0.05) is 11.4 Å². The molecule has 0 saturated carbocycles. The summed E-state index contributed by atoms with van der Waals surface area (Å²) in [6.07, 6.45) is 1.17. The molecule has 1 atom stereocenters. The van der Waals surface area contributed by atoms with Crippen LogP contribution in [0.1, 0.15) is 27.6 Å². The SMILES string of the molecule is COc1cc2c(cc1OC)C(c1cccs1)N(C(=O)Cc1cccc3ccccc13)CC2. The average Bonchev–Trinajstić information content (AvgIpc) is 3.37. The standard InChI is InChI=1S/C27H25NO3S/c1-30-23-15-20-12-13-28(27(25-11-6-14-32-25)22(20)17-24(23)31-2)26(29)16-19-9-5-8-18-7-3-4-10-21(18)19/h3-11,14-15,17,27H,12-13,16H2,1-2H3. The zero-order valence-electron chi connectivity index (χ0n) is 18.2. The summed E-state index contributed by atoms with van der Waals surface area (Å²) in [5.41, 5.74) is 3.38. The molecule has 1 aromatic heterocycles. The minimum atomic E-state index is -0.124. The van der Waals surface area contributed by atoms with Crippen LogP contribution in [0.5, 0.6) is 11.5 Å². The molecule has 2 heterocycles. The van der Waals surface area contributed by atoms with E-state index in [9.17, 15) is 4.79 Å². The van der Waals surface area contributed by atoms with E-state index in [0.717, 1.165) is 38.9 Å². The molecule has 0 spiro atoms. The van der Waals surface area contributed by atoms with Gasteiger partial charge in [0.1, 0.15) is 0 Å². The first-order valence-corrected chi connectivity index (χ1v) is 11.6. The zero-order chi connectivity index (χ0) is 22.1. The van der Waals surface area contributed by atoms with Crippen molar-refractivity contribution >= 4 is 28.0 Å². The lowest BCUT2D eigenvalue weighted by molar-refractivity contribution is -0.132. The molecule has 1 aliphatic heterocycles. The number of ether oxygens (including phenoxy) is 2. The summed E-state index contributed by atoms with van der Waals surface area (Å²) in [5.74, 6) is 1.56. The topological polar surface area (TPSA) is 38.8 Å². The van der Waals surface area contributed by atoms with E-state index in [-0.39, 0.29) is 11.9 Å². The first-order valence-electron chi connectivity index (χ1n) is 10.7. The van der Waals surface area contributed by atoms with Crippen molar-refractivity contribution in [3.63, 3.8) is 0 Å². The molecule has 162 valence electrons. The number of rotatable bonds is 5. The molecule has 0 N–H and O–H groups in total. The van der Waals surface area contributed by atoms with Gasteiger partial charge >= 0.3 is 0 Å². The molecule has 0 aliphatic carbocycles. The molecule has 0 bridgehead atoms. The van der Waals surface area contributed by atoms with Crippen molar-refractivity contribution in [1.82, 2.24) is 4.90 Å². The van der Waals surface area contributed by atoms with Crippen LogP contribution in [0.3, 0.4) is 0 Å². The second-order valence-corrected chi connectivity index (χ2v) is 8.96. The minimum Gasteiger partial charge on any atom is -0.493 e. The first kappa shape index (κ1) is 20.6. The molecule has 0 radical (unpaired) electrons. The van der Waals surface area contributed by atoms with Crippen molar-refractivity contribution in [2.24, 2.45) is 0 Å². The van der Waals surface area contributed by atoms with Gasteiger partial charge < -0.3 is 14.4 Å². The fraction of sp³-hybridized carbons (Fsp3) is 0.222. The smallest absolute Gasteiger partial charge is 0.227 e. The maximum atomic E-state index is 13.7. The van der Waals surface area contributed by atoms with E-state index >= 15 is 0 Å². The highest BCUT2D eigenvalue weighted by Crippen LogP contribution is 2.42. The molecule has 1 amide bonds. The summed E-state index contributed by atoms with van der Waals surface area (Å²) in [6.45, 7) is 0.675. The summed E-state index contributed by atoms with van der Waals surface area (Å²) in [4.78, 5) is 16.9. The molecule has 4 aromatic rings. The van der Waals surface area contributed by atoms with Crippen molar-refractivity contribution in [2.75, 3.05) is 20.8 Å². The number of thiophene rings is 1. The van der Waals surface area contributed by atoms with E-state index in [4.69, 9.17) is 9.47 Å². The molecule has 5 rings (SSSR count).